The number of pyridine rings is 1. The van der Waals surface area contributed by atoms with E-state index >= 15 is 0 Å². The number of benzene rings is 2. The van der Waals surface area contributed by atoms with Crippen LogP contribution >= 0.6 is 0 Å². The first-order valence-corrected chi connectivity index (χ1v) is 16.7. The van der Waals surface area contributed by atoms with Gasteiger partial charge in [0.05, 0.1) is 17.1 Å². The summed E-state index contributed by atoms with van der Waals surface area (Å²) in [6, 6.07) is 13.1. The third-order valence-electron chi connectivity index (χ3n) is 9.64. The van der Waals surface area contributed by atoms with Gasteiger partial charge in [0.2, 0.25) is 24.0 Å². The molecule has 2 aliphatic rings. The molecule has 1 aliphatic heterocycles. The van der Waals surface area contributed by atoms with Crippen molar-refractivity contribution in [2.45, 2.75) is 84.0 Å². The summed E-state index contributed by atoms with van der Waals surface area (Å²) in [5.41, 5.74) is 0.890. The Morgan fingerprint density at radius 3 is 2.31 bits per heavy atom. The number of fused-ring (bicyclic) bond motifs is 2. The van der Waals surface area contributed by atoms with Crippen molar-refractivity contribution in [2.24, 2.45) is 17.3 Å². The monoisotopic (exact) mass is 675 g/mol. The molecule has 3 aromatic rings. The minimum atomic E-state index is -2.99. The number of para-hydroxylation sites is 1. The average molecular weight is 676 g/mol. The fourth-order valence-electron chi connectivity index (χ4n) is 7.10. The van der Waals surface area contributed by atoms with Crippen molar-refractivity contribution in [3.05, 3.63) is 78.0 Å². The van der Waals surface area contributed by atoms with E-state index in [2.05, 4.69) is 20.9 Å². The number of likely N-dealkylation sites (tertiary alicyclic amines) is 1. The molecule has 0 bridgehead atoms. The molecule has 4 amide bonds. The van der Waals surface area contributed by atoms with Crippen LogP contribution in [0.4, 0.5) is 8.78 Å². The van der Waals surface area contributed by atoms with E-state index in [0.717, 1.165) is 12.8 Å². The van der Waals surface area contributed by atoms with Gasteiger partial charge in [-0.3, -0.25) is 29.0 Å². The number of nitrogens with one attached hydrogen (secondary N) is 3. The average Bonchev–Trinajstić information content (AvgIpc) is 3.67. The Balaban J connectivity index is 1.37. The standard InChI is InChI=1S/C37H43F2N5O5/c1-21(22-11-6-5-7-12-22)41-35(48)31(45)28(19-29(38)39)42-34(47)30-24-15-10-13-23(24)20-44(30)36(49)32(37(2,3)4)43-33(46)26-17-18-40-27-16-9-8-14-25(26)27/h5-9,11-12,14,16-18,21,23-24,28-30,32H,10,13,15,19-20H2,1-4H3,(H,41,48)(H,42,47)(H,43,46)/t21-,23-,24-,28?,30-,32+/m0/s1. The van der Waals surface area contributed by atoms with Gasteiger partial charge in [-0.25, -0.2) is 8.78 Å². The minimum Gasteiger partial charge on any atom is -0.344 e. The molecule has 0 radical (unpaired) electrons. The van der Waals surface area contributed by atoms with Crippen LogP contribution in [0.1, 0.15) is 75.3 Å². The molecule has 2 aromatic carbocycles. The molecule has 2 fully saturated rings. The molecule has 49 heavy (non-hydrogen) atoms. The quantitative estimate of drug-likeness (QED) is 0.254. The smallest absolute Gasteiger partial charge is 0.290 e. The molecule has 12 heteroatoms. The van der Waals surface area contributed by atoms with Gasteiger partial charge in [0.25, 0.3) is 11.8 Å². The number of nitrogens with zero attached hydrogens (tertiary/aromatic N) is 2. The van der Waals surface area contributed by atoms with Gasteiger partial charge in [-0.05, 0) is 54.7 Å². The number of hydrogen-bond acceptors (Lipinski definition) is 6. The van der Waals surface area contributed by atoms with Crippen LogP contribution in [-0.4, -0.2) is 70.4 Å². The van der Waals surface area contributed by atoms with E-state index in [1.165, 1.54) is 11.1 Å². The van der Waals surface area contributed by atoms with Crippen LogP contribution in [0, 0.1) is 17.3 Å². The lowest BCUT2D eigenvalue weighted by atomic mass is 9.85. The second-order valence-corrected chi connectivity index (χ2v) is 14.1. The number of halogens is 2. The van der Waals surface area contributed by atoms with Crippen LogP contribution < -0.4 is 16.0 Å². The number of aromatic nitrogens is 1. The Morgan fingerprint density at radius 2 is 1.61 bits per heavy atom. The zero-order chi connectivity index (χ0) is 35.5. The maximum Gasteiger partial charge on any atom is 0.290 e. The highest BCUT2D eigenvalue weighted by Crippen LogP contribution is 2.43. The van der Waals surface area contributed by atoms with Gasteiger partial charge in [-0.2, -0.15) is 0 Å². The lowest BCUT2D eigenvalue weighted by Crippen LogP contribution is -2.60. The molecule has 1 unspecified atom stereocenters. The molecule has 260 valence electrons. The molecule has 0 spiro atoms. The third-order valence-corrected chi connectivity index (χ3v) is 9.64. The first-order valence-electron chi connectivity index (χ1n) is 16.7. The number of alkyl halides is 2. The van der Waals surface area contributed by atoms with Crippen molar-refractivity contribution < 1.29 is 32.8 Å². The van der Waals surface area contributed by atoms with Gasteiger partial charge in [-0.1, -0.05) is 75.7 Å². The first kappa shape index (κ1) is 35.6. The van der Waals surface area contributed by atoms with Gasteiger partial charge in [0.1, 0.15) is 18.1 Å². The summed E-state index contributed by atoms with van der Waals surface area (Å²) in [6.07, 6.45) is -0.300. The highest BCUT2D eigenvalue weighted by molar-refractivity contribution is 6.38. The zero-order valence-corrected chi connectivity index (χ0v) is 28.1. The number of hydrogen-bond donors (Lipinski definition) is 3. The largest absolute Gasteiger partial charge is 0.344 e. The van der Waals surface area contributed by atoms with Crippen molar-refractivity contribution in [1.82, 2.24) is 25.8 Å². The maximum atomic E-state index is 14.4. The summed E-state index contributed by atoms with van der Waals surface area (Å²) < 4.78 is 27.5. The van der Waals surface area contributed by atoms with E-state index in [-0.39, 0.29) is 18.4 Å². The van der Waals surface area contributed by atoms with E-state index in [0.29, 0.717) is 28.5 Å². The van der Waals surface area contributed by atoms with Gasteiger partial charge >= 0.3 is 0 Å². The molecule has 6 atom stereocenters. The number of carbonyl (C=O) groups is 5. The molecule has 1 saturated carbocycles. The number of amides is 4. The summed E-state index contributed by atoms with van der Waals surface area (Å²) in [5, 5.41) is 8.49. The van der Waals surface area contributed by atoms with Crippen LogP contribution in [0.5, 0.6) is 0 Å². The van der Waals surface area contributed by atoms with E-state index in [9.17, 15) is 32.8 Å². The van der Waals surface area contributed by atoms with Crippen molar-refractivity contribution in [1.29, 1.82) is 0 Å². The first-order chi connectivity index (χ1) is 23.3. The molecule has 1 aliphatic carbocycles. The molecule has 10 nitrogen and oxygen atoms in total. The summed E-state index contributed by atoms with van der Waals surface area (Å²) in [5.74, 6) is -4.31. The Bertz CT molecular complexity index is 1710. The van der Waals surface area contributed by atoms with Crippen molar-refractivity contribution in [3.8, 4) is 0 Å². The molecule has 1 aromatic heterocycles. The normalized spacial score (nSPS) is 20.7. The minimum absolute atomic E-state index is 0.0144. The lowest BCUT2D eigenvalue weighted by molar-refractivity contribution is -0.145. The molecule has 3 N–H and O–H groups in total. The molecular formula is C37H43F2N5O5. The highest BCUT2D eigenvalue weighted by Gasteiger charge is 2.52. The lowest BCUT2D eigenvalue weighted by Gasteiger charge is -2.36. The summed E-state index contributed by atoms with van der Waals surface area (Å²) in [7, 11) is 0. The molecular weight excluding hydrogens is 632 g/mol. The predicted octanol–water partition coefficient (Wildman–Crippen LogP) is 4.59. The van der Waals surface area contributed by atoms with Gasteiger partial charge < -0.3 is 20.9 Å². The van der Waals surface area contributed by atoms with E-state index in [1.54, 1.807) is 82.3 Å². The fourth-order valence-corrected chi connectivity index (χ4v) is 7.10. The Kier molecular flexibility index (Phi) is 10.7. The van der Waals surface area contributed by atoms with Crippen LogP contribution in [0.25, 0.3) is 10.9 Å². The number of Topliss-reactive ketones (excluding diaryl/α,β-unsaturated/α-hetero) is 1. The van der Waals surface area contributed by atoms with Crippen LogP contribution in [0.3, 0.4) is 0 Å². The second-order valence-electron chi connectivity index (χ2n) is 14.1. The number of carbonyl (C=O) groups excluding carboxylic acids is 5. The van der Waals surface area contributed by atoms with Gasteiger partial charge in [-0.15, -0.1) is 0 Å². The van der Waals surface area contributed by atoms with E-state index < -0.39 is 71.8 Å². The second kappa shape index (κ2) is 14.8. The van der Waals surface area contributed by atoms with Gasteiger partial charge in [0.15, 0.2) is 0 Å². The Hall–Kier alpha value is -4.74. The number of ketones is 1. The van der Waals surface area contributed by atoms with Crippen molar-refractivity contribution >= 4 is 40.3 Å². The van der Waals surface area contributed by atoms with Gasteiger partial charge in [0, 0.05) is 24.5 Å². The molecule has 5 rings (SSSR count). The fraction of sp³-hybridized carbons (Fsp3) is 0.459. The van der Waals surface area contributed by atoms with Crippen LogP contribution in [0.2, 0.25) is 0 Å². The molecule has 1 saturated heterocycles. The zero-order valence-electron chi connectivity index (χ0n) is 28.1. The van der Waals surface area contributed by atoms with Crippen molar-refractivity contribution in [3.63, 3.8) is 0 Å². The molecule has 2 heterocycles. The number of rotatable bonds is 11. The van der Waals surface area contributed by atoms with Crippen LogP contribution in [0.15, 0.2) is 66.9 Å². The SMILES string of the molecule is C[C@H](NC(=O)C(=O)C(CC(F)F)NC(=O)[C@@H]1[C@H]2CCC[C@H]2CN1C(=O)[C@@H](NC(=O)c1ccnc2ccccc12)C(C)(C)C)c1ccccc1. The topological polar surface area (TPSA) is 138 Å². The Labute approximate surface area is 284 Å². The summed E-state index contributed by atoms with van der Waals surface area (Å²) >= 11 is 0. The van der Waals surface area contributed by atoms with E-state index in [1.807, 2.05) is 6.07 Å². The Morgan fingerprint density at radius 1 is 0.918 bits per heavy atom. The van der Waals surface area contributed by atoms with E-state index in [4.69, 9.17) is 0 Å². The van der Waals surface area contributed by atoms with Crippen molar-refractivity contribution in [2.75, 3.05) is 6.54 Å². The summed E-state index contributed by atoms with van der Waals surface area (Å²) in [4.78, 5) is 74.0. The maximum absolute atomic E-state index is 14.4. The third kappa shape index (κ3) is 7.95. The van der Waals surface area contributed by atoms with Crippen LogP contribution in [-0.2, 0) is 19.2 Å². The highest BCUT2D eigenvalue weighted by atomic mass is 19.3. The summed E-state index contributed by atoms with van der Waals surface area (Å²) in [6.45, 7) is 7.31. The predicted molar refractivity (Wildman–Crippen MR) is 179 cm³/mol.